The molecule has 3 aliphatic rings. The van der Waals surface area contributed by atoms with Gasteiger partial charge in [0.2, 0.25) is 12.3 Å². The molecule has 4 heterocycles. The highest BCUT2D eigenvalue weighted by atomic mass is 19.4. The fraction of sp³-hybridized carbons (Fsp3) is 0.600. The number of carbonyl (C=O) groups is 3. The van der Waals surface area contributed by atoms with Gasteiger partial charge in [0.1, 0.15) is 0 Å². The van der Waals surface area contributed by atoms with E-state index in [0.29, 0.717) is 28.9 Å². The van der Waals surface area contributed by atoms with Crippen LogP contribution in [0.5, 0.6) is 0 Å². The summed E-state index contributed by atoms with van der Waals surface area (Å²) >= 11 is 0. The van der Waals surface area contributed by atoms with E-state index in [9.17, 15) is 27.6 Å². The smallest absolute Gasteiger partial charge is 0.359 e. The zero-order chi connectivity index (χ0) is 35.3. The minimum Gasteiger partial charge on any atom is -0.359 e. The van der Waals surface area contributed by atoms with Crippen LogP contribution in [0.25, 0.3) is 10.9 Å². The van der Waals surface area contributed by atoms with Crippen molar-refractivity contribution < 1.29 is 27.6 Å². The molecule has 2 aromatic heterocycles. The topological polar surface area (TPSA) is 129 Å². The number of benzene rings is 1. The van der Waals surface area contributed by atoms with Crippen molar-refractivity contribution in [3.05, 3.63) is 41.7 Å². The Morgan fingerprint density at radius 2 is 1.72 bits per heavy atom. The van der Waals surface area contributed by atoms with Crippen molar-refractivity contribution >= 4 is 40.6 Å². The van der Waals surface area contributed by atoms with E-state index in [1.807, 2.05) is 6.07 Å². The number of fused-ring (bicyclic) bond motifs is 1. The third kappa shape index (κ3) is 8.36. The highest BCUT2D eigenvalue weighted by Crippen LogP contribution is 2.38. The summed E-state index contributed by atoms with van der Waals surface area (Å²) in [6.45, 7) is 4.22. The maximum Gasteiger partial charge on any atom is 0.416 e. The van der Waals surface area contributed by atoms with Gasteiger partial charge in [-0.15, -0.1) is 10.2 Å². The summed E-state index contributed by atoms with van der Waals surface area (Å²) in [5, 5.41) is 19.1. The molecule has 3 amide bonds. The molecular formula is C35H46F3N9O3. The zero-order valence-electron chi connectivity index (χ0n) is 28.5. The van der Waals surface area contributed by atoms with Crippen molar-refractivity contribution in [2.75, 3.05) is 56.1 Å². The Bertz CT molecular complexity index is 1630. The van der Waals surface area contributed by atoms with E-state index in [-0.39, 0.29) is 42.6 Å². The SMILES string of the molecule is CNC(=O)CCN(C=O)c1cc(C(F)(F)F)cc2c1cnn2C1CCN(CC2CCN(c3ccc(C(=O)NC4CCCCC4)nn3)CC2)CC1. The number of likely N-dealkylation sites (tertiary alicyclic amines) is 1. The van der Waals surface area contributed by atoms with Gasteiger partial charge in [0.05, 0.1) is 29.0 Å². The van der Waals surface area contributed by atoms with Crippen molar-refractivity contribution in [3.8, 4) is 0 Å². The van der Waals surface area contributed by atoms with E-state index in [0.717, 1.165) is 107 Å². The van der Waals surface area contributed by atoms with Crippen molar-refractivity contribution in [2.45, 2.75) is 82.5 Å². The molecule has 1 aliphatic carbocycles. The Kier molecular flexibility index (Phi) is 11.2. The van der Waals surface area contributed by atoms with Gasteiger partial charge in [0.25, 0.3) is 5.91 Å². The predicted octanol–water partition coefficient (Wildman–Crippen LogP) is 4.56. The molecule has 3 aromatic rings. The molecule has 0 unspecified atom stereocenters. The summed E-state index contributed by atoms with van der Waals surface area (Å²) in [5.41, 5.74) is -0.0959. The molecule has 0 radical (unpaired) electrons. The predicted molar refractivity (Wildman–Crippen MR) is 183 cm³/mol. The van der Waals surface area contributed by atoms with E-state index in [4.69, 9.17) is 0 Å². The van der Waals surface area contributed by atoms with E-state index >= 15 is 0 Å². The lowest BCUT2D eigenvalue weighted by atomic mass is 9.94. The van der Waals surface area contributed by atoms with Gasteiger partial charge in [-0.2, -0.15) is 18.3 Å². The Hall–Kier alpha value is -4.27. The largest absolute Gasteiger partial charge is 0.416 e. The molecule has 1 aromatic carbocycles. The highest BCUT2D eigenvalue weighted by molar-refractivity contribution is 5.98. The molecule has 50 heavy (non-hydrogen) atoms. The molecule has 1 saturated carbocycles. The van der Waals surface area contributed by atoms with E-state index < -0.39 is 11.7 Å². The lowest BCUT2D eigenvalue weighted by Gasteiger charge is -2.38. The fourth-order valence-corrected chi connectivity index (χ4v) is 7.57. The number of hydrogen-bond acceptors (Lipinski definition) is 8. The normalized spacial score (nSPS) is 18.7. The standard InChI is InChI=1S/C35H46F3N9O3/c1-39-33(49)13-18-46(23-48)30-19-25(35(36,37)38)20-31-28(30)21-40-47(31)27-11-14-44(15-12-27)22-24-9-16-45(17-10-24)32-8-7-29(42-43-32)34(50)41-26-5-3-2-4-6-26/h7-8,19-21,23-24,26-27H,2-6,9-18,22H2,1H3,(H,39,49)(H,41,50). The maximum atomic E-state index is 14.0. The van der Waals surface area contributed by atoms with Crippen LogP contribution in [0.4, 0.5) is 24.7 Å². The first-order chi connectivity index (χ1) is 24.1. The second-order valence-corrected chi connectivity index (χ2v) is 13.8. The number of halogens is 3. The number of nitrogens with one attached hydrogen (secondary N) is 2. The van der Waals surface area contributed by atoms with Crippen LogP contribution in [0.3, 0.4) is 0 Å². The number of anilines is 2. The first-order valence-electron chi connectivity index (χ1n) is 17.8. The van der Waals surface area contributed by atoms with Crippen LogP contribution in [-0.2, 0) is 15.8 Å². The van der Waals surface area contributed by atoms with Gasteiger partial charge in [-0.3, -0.25) is 19.1 Å². The van der Waals surface area contributed by atoms with Crippen LogP contribution in [0.1, 0.15) is 86.3 Å². The van der Waals surface area contributed by atoms with Gasteiger partial charge >= 0.3 is 6.18 Å². The second kappa shape index (κ2) is 15.7. The zero-order valence-corrected chi connectivity index (χ0v) is 28.5. The van der Waals surface area contributed by atoms with E-state index in [1.165, 1.54) is 19.7 Å². The van der Waals surface area contributed by atoms with Crippen molar-refractivity contribution in [1.29, 1.82) is 0 Å². The van der Waals surface area contributed by atoms with Crippen molar-refractivity contribution in [3.63, 3.8) is 0 Å². The Labute approximate surface area is 289 Å². The van der Waals surface area contributed by atoms with E-state index in [2.05, 4.69) is 35.7 Å². The molecule has 2 N–H and O–H groups in total. The lowest BCUT2D eigenvalue weighted by Crippen LogP contribution is -2.42. The summed E-state index contributed by atoms with van der Waals surface area (Å²) in [6, 6.07) is 5.85. The molecule has 0 atom stereocenters. The van der Waals surface area contributed by atoms with Crippen LogP contribution in [0, 0.1) is 5.92 Å². The molecule has 0 spiro atoms. The van der Waals surface area contributed by atoms with Gasteiger partial charge in [-0.25, -0.2) is 0 Å². The minimum absolute atomic E-state index is 0.0415. The molecule has 6 rings (SSSR count). The minimum atomic E-state index is -4.62. The number of hydrogen-bond donors (Lipinski definition) is 2. The van der Waals surface area contributed by atoms with Crippen LogP contribution in [-0.4, -0.2) is 95.5 Å². The molecular weight excluding hydrogens is 651 g/mol. The number of aromatic nitrogens is 4. The first kappa shape index (κ1) is 35.6. The third-order valence-electron chi connectivity index (χ3n) is 10.5. The summed E-state index contributed by atoms with van der Waals surface area (Å²) in [5.74, 6) is 0.824. The highest BCUT2D eigenvalue weighted by Gasteiger charge is 2.34. The Morgan fingerprint density at radius 1 is 0.980 bits per heavy atom. The number of alkyl halides is 3. The average molecular weight is 698 g/mol. The van der Waals surface area contributed by atoms with Crippen molar-refractivity contribution in [1.82, 2.24) is 35.5 Å². The number of carbonyl (C=O) groups excluding carboxylic acids is 3. The summed E-state index contributed by atoms with van der Waals surface area (Å²) < 4.78 is 43.7. The van der Waals surface area contributed by atoms with Gasteiger partial charge < -0.3 is 25.3 Å². The van der Waals surface area contributed by atoms with E-state index in [1.54, 1.807) is 10.7 Å². The second-order valence-electron chi connectivity index (χ2n) is 13.8. The van der Waals surface area contributed by atoms with Gasteiger partial charge in [0, 0.05) is 64.2 Å². The lowest BCUT2D eigenvalue weighted by molar-refractivity contribution is -0.137. The van der Waals surface area contributed by atoms with Crippen LogP contribution in [0.15, 0.2) is 30.5 Å². The van der Waals surface area contributed by atoms with Crippen LogP contribution in [0.2, 0.25) is 0 Å². The summed E-state index contributed by atoms with van der Waals surface area (Å²) in [6.07, 6.45) is 6.38. The monoisotopic (exact) mass is 697 g/mol. The third-order valence-corrected chi connectivity index (χ3v) is 10.5. The first-order valence-corrected chi connectivity index (χ1v) is 17.8. The van der Waals surface area contributed by atoms with Crippen LogP contribution >= 0.6 is 0 Å². The fourth-order valence-electron chi connectivity index (χ4n) is 7.57. The van der Waals surface area contributed by atoms with Gasteiger partial charge in [-0.1, -0.05) is 19.3 Å². The molecule has 2 saturated heterocycles. The molecule has 2 aliphatic heterocycles. The molecule has 270 valence electrons. The molecule has 3 fully saturated rings. The number of amides is 3. The molecule has 15 heteroatoms. The summed E-state index contributed by atoms with van der Waals surface area (Å²) in [7, 11) is 1.46. The maximum absolute atomic E-state index is 14.0. The number of piperidine rings is 2. The number of rotatable bonds is 11. The summed E-state index contributed by atoms with van der Waals surface area (Å²) in [4.78, 5) is 42.2. The molecule has 0 bridgehead atoms. The van der Waals surface area contributed by atoms with Crippen LogP contribution < -0.4 is 20.4 Å². The average Bonchev–Trinajstić information content (AvgIpc) is 3.57. The Balaban J connectivity index is 1.02. The van der Waals surface area contributed by atoms with Gasteiger partial charge in [0.15, 0.2) is 11.5 Å². The molecule has 12 nitrogen and oxygen atoms in total. The Morgan fingerprint density at radius 3 is 2.36 bits per heavy atom. The quantitative estimate of drug-likeness (QED) is 0.279. The van der Waals surface area contributed by atoms with Crippen molar-refractivity contribution in [2.24, 2.45) is 5.92 Å². The van der Waals surface area contributed by atoms with Gasteiger partial charge in [-0.05, 0) is 68.7 Å². The number of nitrogens with zero attached hydrogens (tertiary/aromatic N) is 7.